The Morgan fingerprint density at radius 1 is 1.36 bits per heavy atom. The van der Waals surface area contributed by atoms with Gasteiger partial charge >= 0.3 is 5.91 Å². The molecule has 0 saturated heterocycles. The first kappa shape index (κ1) is 15.5. The number of fused-ring (bicyclic) bond motifs is 1. The Hall–Kier alpha value is -1.44. The van der Waals surface area contributed by atoms with Crippen molar-refractivity contribution in [2.75, 3.05) is 0 Å². The predicted molar refractivity (Wildman–Crippen MR) is 94.0 cm³/mol. The van der Waals surface area contributed by atoms with Crippen LogP contribution in [0.2, 0.25) is 0 Å². The molecule has 2 aromatic heterocycles. The molecule has 0 N–H and O–H groups in total. The lowest BCUT2D eigenvalue weighted by molar-refractivity contribution is 0.0970. The number of hydrogen-bond donors (Lipinski definition) is 0. The monoisotopic (exact) mass is 440 g/mol. The molecule has 112 valence electrons. The van der Waals surface area contributed by atoms with Gasteiger partial charge in [-0.25, -0.2) is 0 Å². The van der Waals surface area contributed by atoms with Crippen LogP contribution >= 0.6 is 43.2 Å². The van der Waals surface area contributed by atoms with Crippen LogP contribution in [-0.4, -0.2) is 10.5 Å². The van der Waals surface area contributed by atoms with Gasteiger partial charge in [0.05, 0.1) is 10.2 Å². The molecule has 0 aliphatic carbocycles. The quantitative estimate of drug-likeness (QED) is 0.550. The number of nitrogens with zero attached hydrogens (tertiary/aromatic N) is 2. The van der Waals surface area contributed by atoms with E-state index in [4.69, 9.17) is 4.42 Å². The number of aromatic nitrogens is 1. The minimum absolute atomic E-state index is 0.204. The van der Waals surface area contributed by atoms with Crippen LogP contribution in [0.3, 0.4) is 0 Å². The van der Waals surface area contributed by atoms with Crippen molar-refractivity contribution < 1.29 is 9.21 Å². The van der Waals surface area contributed by atoms with E-state index in [1.165, 1.54) is 11.3 Å². The van der Waals surface area contributed by atoms with Gasteiger partial charge in [-0.1, -0.05) is 33.3 Å². The summed E-state index contributed by atoms with van der Waals surface area (Å²) in [7, 11) is 0. The van der Waals surface area contributed by atoms with Crippen molar-refractivity contribution in [3.8, 4) is 0 Å². The van der Waals surface area contributed by atoms with Crippen LogP contribution in [0.15, 0.2) is 61.5 Å². The summed E-state index contributed by atoms with van der Waals surface area (Å²) >= 11 is 8.09. The zero-order valence-electron chi connectivity index (χ0n) is 11.3. The van der Waals surface area contributed by atoms with Crippen LogP contribution in [0.25, 0.3) is 10.2 Å². The Balaban J connectivity index is 2.16. The summed E-state index contributed by atoms with van der Waals surface area (Å²) in [5.41, 5.74) is 1.01. The highest BCUT2D eigenvalue weighted by molar-refractivity contribution is 9.10. The van der Waals surface area contributed by atoms with Crippen molar-refractivity contribution in [1.29, 1.82) is 0 Å². The van der Waals surface area contributed by atoms with Gasteiger partial charge < -0.3 is 8.98 Å². The summed E-state index contributed by atoms with van der Waals surface area (Å²) < 4.78 is 9.74. The molecule has 0 unspecified atom stereocenters. The van der Waals surface area contributed by atoms with Crippen molar-refractivity contribution >= 4 is 59.3 Å². The molecule has 1 aromatic carbocycles. The van der Waals surface area contributed by atoms with Crippen LogP contribution in [0.5, 0.6) is 0 Å². The van der Waals surface area contributed by atoms with E-state index < -0.39 is 5.91 Å². The van der Waals surface area contributed by atoms with Gasteiger partial charge in [-0.15, -0.1) is 6.58 Å². The Labute approximate surface area is 147 Å². The third kappa shape index (κ3) is 3.02. The summed E-state index contributed by atoms with van der Waals surface area (Å²) in [5.74, 6) is -0.204. The molecule has 4 nitrogen and oxygen atoms in total. The van der Waals surface area contributed by atoms with Crippen LogP contribution in [-0.2, 0) is 6.54 Å². The zero-order chi connectivity index (χ0) is 15.7. The maximum absolute atomic E-state index is 12.2. The average molecular weight is 442 g/mol. The molecule has 3 aromatic rings. The maximum Gasteiger partial charge on any atom is 0.315 e. The number of allylic oxidation sites excluding steroid dienone is 1. The molecule has 2 heterocycles. The Morgan fingerprint density at radius 3 is 2.86 bits per heavy atom. The highest BCUT2D eigenvalue weighted by Gasteiger charge is 2.11. The SMILES string of the molecule is C=CCn1c(=NC(=O)c2ccc(Br)o2)sc2cc(Br)ccc21. The minimum atomic E-state index is -0.408. The molecule has 0 fully saturated rings. The van der Waals surface area contributed by atoms with E-state index in [-0.39, 0.29) is 5.76 Å². The molecular weight excluding hydrogens is 432 g/mol. The van der Waals surface area contributed by atoms with Crippen molar-refractivity contribution in [2.45, 2.75) is 6.54 Å². The second-order valence-electron chi connectivity index (χ2n) is 4.42. The van der Waals surface area contributed by atoms with Gasteiger partial charge in [-0.3, -0.25) is 4.79 Å². The van der Waals surface area contributed by atoms with Gasteiger partial charge in [0.1, 0.15) is 0 Å². The fraction of sp³-hybridized carbons (Fsp3) is 0.0667. The fourth-order valence-corrected chi connectivity index (χ4v) is 3.91. The molecule has 0 radical (unpaired) electrons. The number of carbonyl (C=O) groups excluding carboxylic acids is 1. The maximum atomic E-state index is 12.2. The van der Waals surface area contributed by atoms with E-state index in [9.17, 15) is 4.79 Å². The molecular formula is C15H10Br2N2O2S. The molecule has 0 bridgehead atoms. The lowest BCUT2D eigenvalue weighted by Crippen LogP contribution is -2.16. The van der Waals surface area contributed by atoms with Crippen molar-refractivity contribution in [1.82, 2.24) is 4.57 Å². The van der Waals surface area contributed by atoms with Gasteiger partial charge in [0.2, 0.25) is 0 Å². The lowest BCUT2D eigenvalue weighted by Gasteiger charge is -2.00. The van der Waals surface area contributed by atoms with Crippen LogP contribution in [0.1, 0.15) is 10.6 Å². The minimum Gasteiger partial charge on any atom is -0.444 e. The molecule has 0 atom stereocenters. The zero-order valence-corrected chi connectivity index (χ0v) is 15.2. The van der Waals surface area contributed by atoms with Gasteiger partial charge in [0.15, 0.2) is 15.2 Å². The first-order valence-electron chi connectivity index (χ1n) is 6.32. The molecule has 0 aliphatic heterocycles. The number of hydrogen-bond acceptors (Lipinski definition) is 3. The smallest absolute Gasteiger partial charge is 0.315 e. The Bertz CT molecular complexity index is 937. The summed E-state index contributed by atoms with van der Waals surface area (Å²) in [6.45, 7) is 4.34. The third-order valence-electron chi connectivity index (χ3n) is 2.94. The predicted octanol–water partition coefficient (Wildman–Crippen LogP) is 4.75. The Kier molecular flexibility index (Phi) is 4.46. The van der Waals surface area contributed by atoms with Gasteiger partial charge in [-0.05, 0) is 46.3 Å². The molecule has 0 saturated carbocycles. The highest BCUT2D eigenvalue weighted by Crippen LogP contribution is 2.22. The number of furan rings is 1. The number of halogens is 2. The first-order chi connectivity index (χ1) is 10.6. The largest absolute Gasteiger partial charge is 0.444 e. The normalized spacial score (nSPS) is 12.0. The van der Waals surface area contributed by atoms with E-state index in [1.807, 2.05) is 22.8 Å². The van der Waals surface area contributed by atoms with E-state index in [0.29, 0.717) is 16.0 Å². The summed E-state index contributed by atoms with van der Waals surface area (Å²) in [6, 6.07) is 9.23. The summed E-state index contributed by atoms with van der Waals surface area (Å²) in [6.07, 6.45) is 1.78. The Morgan fingerprint density at radius 2 is 2.18 bits per heavy atom. The number of rotatable bonds is 3. The molecule has 0 aliphatic rings. The van der Waals surface area contributed by atoms with E-state index >= 15 is 0 Å². The standard InChI is InChI=1S/C15H10Br2N2O2S/c1-2-7-19-10-4-3-9(16)8-12(10)22-15(19)18-14(20)11-5-6-13(17)21-11/h2-6,8H,1,7H2. The number of benzene rings is 1. The lowest BCUT2D eigenvalue weighted by atomic mass is 10.3. The molecule has 3 rings (SSSR count). The number of carbonyl (C=O) groups is 1. The molecule has 22 heavy (non-hydrogen) atoms. The highest BCUT2D eigenvalue weighted by atomic mass is 79.9. The van der Waals surface area contributed by atoms with Gasteiger partial charge in [0.25, 0.3) is 0 Å². The summed E-state index contributed by atoms with van der Waals surface area (Å²) in [5, 5.41) is 0. The van der Waals surface area contributed by atoms with Gasteiger partial charge in [0, 0.05) is 11.0 Å². The second kappa shape index (κ2) is 6.36. The van der Waals surface area contributed by atoms with Crippen molar-refractivity contribution in [3.63, 3.8) is 0 Å². The van der Waals surface area contributed by atoms with Crippen LogP contribution in [0, 0.1) is 0 Å². The van der Waals surface area contributed by atoms with Crippen molar-refractivity contribution in [2.24, 2.45) is 4.99 Å². The van der Waals surface area contributed by atoms with Crippen LogP contribution in [0.4, 0.5) is 0 Å². The average Bonchev–Trinajstić information content (AvgIpc) is 3.04. The van der Waals surface area contributed by atoms with E-state index in [1.54, 1.807) is 18.2 Å². The molecule has 1 amide bonds. The third-order valence-corrected chi connectivity index (χ3v) is 4.90. The van der Waals surface area contributed by atoms with Gasteiger partial charge in [-0.2, -0.15) is 4.99 Å². The molecule has 7 heteroatoms. The molecule has 0 spiro atoms. The van der Waals surface area contributed by atoms with E-state index in [2.05, 4.69) is 43.4 Å². The second-order valence-corrected chi connectivity index (χ2v) is 7.12. The van der Waals surface area contributed by atoms with Crippen LogP contribution < -0.4 is 4.80 Å². The first-order valence-corrected chi connectivity index (χ1v) is 8.73. The van der Waals surface area contributed by atoms with E-state index in [0.717, 1.165) is 14.7 Å². The summed E-state index contributed by atoms with van der Waals surface area (Å²) in [4.78, 5) is 17.0. The van der Waals surface area contributed by atoms with Crippen molar-refractivity contribution in [3.05, 3.63) is 62.7 Å². The number of thiazole rings is 1. The fourth-order valence-electron chi connectivity index (χ4n) is 2.01. The topological polar surface area (TPSA) is 47.5 Å². The number of amides is 1.